The minimum Gasteiger partial charge on any atom is -0.497 e. The molecule has 3 rings (SSSR count). The summed E-state index contributed by atoms with van der Waals surface area (Å²) in [6.07, 6.45) is -1.28. The second kappa shape index (κ2) is 9.73. The Bertz CT molecular complexity index is 1100. The zero-order valence-electron chi connectivity index (χ0n) is 22.4. The Labute approximate surface area is 194 Å². The van der Waals surface area contributed by atoms with Gasteiger partial charge in [-0.2, -0.15) is 0 Å². The van der Waals surface area contributed by atoms with Crippen LogP contribution in [0.25, 0.3) is 0 Å². The largest absolute Gasteiger partial charge is 0.497 e. The van der Waals surface area contributed by atoms with E-state index in [1.165, 1.54) is 30.7 Å². The van der Waals surface area contributed by atoms with Gasteiger partial charge in [-0.3, -0.25) is 9.59 Å². The number of halogens is 1. The molecule has 2 aromatic rings. The number of rotatable bonds is 6. The van der Waals surface area contributed by atoms with Crippen molar-refractivity contribution in [2.75, 3.05) is 39.1 Å². The number of benzene rings is 2. The third-order valence-corrected chi connectivity index (χ3v) is 6.12. The third-order valence-electron chi connectivity index (χ3n) is 4.54. The molecule has 0 N–H and O–H groups in total. The molecule has 0 unspecified atom stereocenters. The van der Waals surface area contributed by atoms with Crippen LogP contribution in [0.2, 0.25) is 5.02 Å². The summed E-state index contributed by atoms with van der Waals surface area (Å²) >= 11 is 7.50. The SMILES string of the molecule is [2H]C([2H])([2H])N(CCN1C(=O)[C@H](OC(C)=O)[C@H](c2ccc(OC)cc2)Sc2cc(Cl)ccc21)C([2H])([2H])[2H]. The Hall–Kier alpha value is -2.22. The zero-order valence-corrected chi connectivity index (χ0v) is 18.0. The van der Waals surface area contributed by atoms with Gasteiger partial charge in [-0.05, 0) is 49.8 Å². The predicted molar refractivity (Wildman–Crippen MR) is 120 cm³/mol. The number of likely N-dealkylation sites (N-methyl/N-ethyl adjacent to an activating group) is 1. The number of carbonyl (C=O) groups excluding carboxylic acids is 2. The Morgan fingerprint density at radius 1 is 1.27 bits per heavy atom. The Morgan fingerprint density at radius 3 is 2.63 bits per heavy atom. The second-order valence-electron chi connectivity index (χ2n) is 6.60. The third kappa shape index (κ3) is 5.09. The molecule has 0 bridgehead atoms. The van der Waals surface area contributed by atoms with E-state index in [1.807, 2.05) is 0 Å². The molecule has 6 nitrogen and oxygen atoms in total. The monoisotopic (exact) mass is 454 g/mol. The van der Waals surface area contributed by atoms with Crippen LogP contribution in [0.3, 0.4) is 0 Å². The summed E-state index contributed by atoms with van der Waals surface area (Å²) in [6.45, 7) is -5.41. The molecular weight excluding hydrogens is 424 g/mol. The average molecular weight is 455 g/mol. The van der Waals surface area contributed by atoms with E-state index < -0.39 is 43.7 Å². The zero-order chi connectivity index (χ0) is 26.8. The lowest BCUT2D eigenvalue weighted by molar-refractivity contribution is -0.152. The predicted octanol–water partition coefficient (Wildman–Crippen LogP) is 4.02. The maximum atomic E-state index is 13.8. The van der Waals surface area contributed by atoms with E-state index in [1.54, 1.807) is 42.5 Å². The number of amides is 1. The second-order valence-corrected chi connectivity index (χ2v) is 8.22. The number of anilines is 1. The Kier molecular flexibility index (Phi) is 5.04. The van der Waals surface area contributed by atoms with Gasteiger partial charge in [-0.15, -0.1) is 11.8 Å². The van der Waals surface area contributed by atoms with E-state index in [0.29, 0.717) is 31.8 Å². The normalized spacial score (nSPS) is 22.5. The summed E-state index contributed by atoms with van der Waals surface area (Å²) in [5.41, 5.74) is 1.08. The number of hydrogen-bond acceptors (Lipinski definition) is 6. The van der Waals surface area contributed by atoms with Crippen molar-refractivity contribution in [1.29, 1.82) is 0 Å². The molecule has 0 saturated carbocycles. The van der Waals surface area contributed by atoms with Crippen molar-refractivity contribution in [3.05, 3.63) is 53.1 Å². The molecule has 1 aliphatic rings. The molecule has 1 aliphatic heterocycles. The van der Waals surface area contributed by atoms with E-state index >= 15 is 0 Å². The van der Waals surface area contributed by atoms with Crippen molar-refractivity contribution in [2.45, 2.75) is 23.2 Å². The maximum absolute atomic E-state index is 13.8. The first-order valence-corrected chi connectivity index (χ1v) is 10.3. The average Bonchev–Trinajstić information content (AvgIpc) is 2.87. The lowest BCUT2D eigenvalue weighted by Gasteiger charge is -2.28. The van der Waals surface area contributed by atoms with Crippen molar-refractivity contribution in [1.82, 2.24) is 4.90 Å². The highest BCUT2D eigenvalue weighted by molar-refractivity contribution is 7.99. The van der Waals surface area contributed by atoms with Crippen molar-refractivity contribution >= 4 is 40.9 Å². The van der Waals surface area contributed by atoms with Crippen LogP contribution in [0.1, 0.15) is 26.0 Å². The number of hydrogen-bond donors (Lipinski definition) is 0. The fourth-order valence-corrected chi connectivity index (χ4v) is 4.76. The van der Waals surface area contributed by atoms with Crippen LogP contribution in [-0.2, 0) is 14.3 Å². The molecule has 0 radical (unpaired) electrons. The minimum atomic E-state index is -2.92. The van der Waals surface area contributed by atoms with Crippen molar-refractivity contribution in [3.8, 4) is 5.75 Å². The number of thioether (sulfide) groups is 1. The van der Waals surface area contributed by atoms with Gasteiger partial charge in [-0.25, -0.2) is 0 Å². The Morgan fingerprint density at radius 2 is 2.00 bits per heavy atom. The van der Waals surface area contributed by atoms with Gasteiger partial charge in [-0.1, -0.05) is 23.7 Å². The van der Waals surface area contributed by atoms with Crippen LogP contribution in [0, 0.1) is 0 Å². The molecule has 0 aliphatic carbocycles. The highest BCUT2D eigenvalue weighted by Crippen LogP contribution is 2.47. The smallest absolute Gasteiger partial charge is 0.303 e. The van der Waals surface area contributed by atoms with Crippen LogP contribution in [0.15, 0.2) is 47.4 Å². The van der Waals surface area contributed by atoms with Crippen LogP contribution in [0.4, 0.5) is 5.69 Å². The molecule has 2 atom stereocenters. The van der Waals surface area contributed by atoms with Crippen LogP contribution in [-0.4, -0.2) is 57.0 Å². The number of esters is 1. The topological polar surface area (TPSA) is 59.1 Å². The first kappa shape index (κ1) is 15.6. The summed E-state index contributed by atoms with van der Waals surface area (Å²) in [5, 5.41) is -0.268. The number of fused-ring (bicyclic) bond motifs is 1. The van der Waals surface area contributed by atoms with Crippen LogP contribution >= 0.6 is 23.4 Å². The van der Waals surface area contributed by atoms with Gasteiger partial charge < -0.3 is 19.3 Å². The van der Waals surface area contributed by atoms with Crippen molar-refractivity contribution in [3.63, 3.8) is 0 Å². The lowest BCUT2D eigenvalue weighted by atomic mass is 10.1. The highest BCUT2D eigenvalue weighted by atomic mass is 35.5. The van der Waals surface area contributed by atoms with Crippen LogP contribution in [0.5, 0.6) is 5.75 Å². The van der Waals surface area contributed by atoms with E-state index in [-0.39, 0.29) is 6.54 Å². The van der Waals surface area contributed by atoms with Gasteiger partial charge in [0.2, 0.25) is 0 Å². The first-order chi connectivity index (χ1) is 16.7. The van der Waals surface area contributed by atoms with Gasteiger partial charge in [0.1, 0.15) is 5.75 Å². The van der Waals surface area contributed by atoms with E-state index in [4.69, 9.17) is 29.3 Å². The molecule has 0 fully saturated rings. The van der Waals surface area contributed by atoms with E-state index in [9.17, 15) is 9.59 Å². The molecular formula is C22H25ClN2O4S. The summed E-state index contributed by atoms with van der Waals surface area (Å²) in [7, 11) is 1.53. The van der Waals surface area contributed by atoms with Gasteiger partial charge >= 0.3 is 5.97 Å². The maximum Gasteiger partial charge on any atom is 0.303 e. The summed E-state index contributed by atoms with van der Waals surface area (Å²) in [5.74, 6) is -0.689. The standard InChI is InChI=1S/C22H25ClN2O4S/c1-14(26)29-20-21(15-5-8-17(28-4)9-6-15)30-19-13-16(23)7-10-18(19)25(22(20)27)12-11-24(2)3/h5-10,13,20-21H,11-12H2,1-4H3/t20-,21+/m1/s1/i2D3,3D3. The number of ether oxygens (including phenoxy) is 2. The molecule has 2 aromatic carbocycles. The quantitative estimate of drug-likeness (QED) is 0.614. The highest BCUT2D eigenvalue weighted by Gasteiger charge is 2.40. The fourth-order valence-electron chi connectivity index (χ4n) is 3.16. The van der Waals surface area contributed by atoms with Gasteiger partial charge in [0.25, 0.3) is 5.91 Å². The molecule has 0 spiro atoms. The van der Waals surface area contributed by atoms with Gasteiger partial charge in [0.05, 0.1) is 18.0 Å². The van der Waals surface area contributed by atoms with Gasteiger partial charge in [0, 0.05) is 38.2 Å². The minimum absolute atomic E-state index is 0.280. The van der Waals surface area contributed by atoms with Crippen molar-refractivity contribution < 1.29 is 27.3 Å². The number of carbonyl (C=O) groups is 2. The molecule has 1 heterocycles. The summed E-state index contributed by atoms with van der Waals surface area (Å²) in [6, 6.07) is 11.8. The molecule has 1 amide bonds. The lowest BCUT2D eigenvalue weighted by Crippen LogP contribution is -2.45. The molecule has 0 aromatic heterocycles. The van der Waals surface area contributed by atoms with Crippen molar-refractivity contribution in [2.24, 2.45) is 0 Å². The fraction of sp³-hybridized carbons (Fsp3) is 0.364. The molecule has 8 heteroatoms. The summed E-state index contributed by atoms with van der Waals surface area (Å²) in [4.78, 5) is 28.0. The molecule has 30 heavy (non-hydrogen) atoms. The molecule has 160 valence electrons. The van der Waals surface area contributed by atoms with E-state index in [2.05, 4.69) is 0 Å². The summed E-state index contributed by atoms with van der Waals surface area (Å²) < 4.78 is 56.5. The first-order valence-electron chi connectivity index (χ1n) is 12.1. The number of methoxy groups -OCH3 is 1. The molecule has 0 saturated heterocycles. The van der Waals surface area contributed by atoms with Gasteiger partial charge in [0.15, 0.2) is 6.10 Å². The number of nitrogens with zero attached hydrogens (tertiary/aromatic N) is 2. The Balaban J connectivity index is 2.08. The van der Waals surface area contributed by atoms with Crippen LogP contribution < -0.4 is 9.64 Å². The van der Waals surface area contributed by atoms with E-state index in [0.717, 1.165) is 0 Å².